The van der Waals surface area contributed by atoms with Crippen LogP contribution in [0.4, 0.5) is 0 Å². The highest BCUT2D eigenvalue weighted by molar-refractivity contribution is 7.89. The summed E-state index contributed by atoms with van der Waals surface area (Å²) in [7, 11) is -2.44. The molecule has 5 nitrogen and oxygen atoms in total. The molecule has 2 aromatic rings. The van der Waals surface area contributed by atoms with Crippen LogP contribution in [-0.4, -0.2) is 24.9 Å². The van der Waals surface area contributed by atoms with E-state index in [0.717, 1.165) is 4.31 Å². The zero-order valence-corrected chi connectivity index (χ0v) is 13.4. The highest BCUT2D eigenvalue weighted by Gasteiger charge is 2.26. The summed E-state index contributed by atoms with van der Waals surface area (Å²) < 4.78 is 31.3. The van der Waals surface area contributed by atoms with Gasteiger partial charge in [0.2, 0.25) is 10.0 Å². The van der Waals surface area contributed by atoms with Crippen molar-refractivity contribution in [3.05, 3.63) is 51.9 Å². The number of sulfonamides is 1. The summed E-state index contributed by atoms with van der Waals surface area (Å²) in [5.41, 5.74) is 0.258. The molecule has 0 aliphatic carbocycles. The fraction of sp³-hybridized carbons (Fsp3) is 0.231. The summed E-state index contributed by atoms with van der Waals surface area (Å²) in [5, 5.41) is 9.37. The van der Waals surface area contributed by atoms with E-state index >= 15 is 0 Å². The molecule has 0 saturated heterocycles. The first-order valence-electron chi connectivity index (χ1n) is 5.93. The van der Waals surface area contributed by atoms with Gasteiger partial charge in [-0.2, -0.15) is 4.31 Å². The van der Waals surface area contributed by atoms with Crippen molar-refractivity contribution in [1.29, 1.82) is 0 Å². The quantitative estimate of drug-likeness (QED) is 0.900. The first kappa shape index (κ1) is 16.3. The number of furan rings is 1. The first-order chi connectivity index (χ1) is 9.86. The van der Waals surface area contributed by atoms with Gasteiger partial charge in [0.05, 0.1) is 24.4 Å². The van der Waals surface area contributed by atoms with Crippen molar-refractivity contribution in [1.82, 2.24) is 4.31 Å². The lowest BCUT2D eigenvalue weighted by Crippen LogP contribution is -2.26. The molecule has 8 heteroatoms. The van der Waals surface area contributed by atoms with Gasteiger partial charge in [-0.3, -0.25) is 0 Å². The minimum absolute atomic E-state index is 0.0341. The number of nitrogens with zero attached hydrogens (tertiary/aromatic N) is 1. The van der Waals surface area contributed by atoms with E-state index in [4.69, 9.17) is 27.6 Å². The van der Waals surface area contributed by atoms with Gasteiger partial charge in [0.1, 0.15) is 10.7 Å². The van der Waals surface area contributed by atoms with Crippen molar-refractivity contribution in [3.8, 4) is 0 Å². The molecule has 0 unspecified atom stereocenters. The van der Waals surface area contributed by atoms with Crippen LogP contribution in [0.25, 0.3) is 0 Å². The Morgan fingerprint density at radius 2 is 2.05 bits per heavy atom. The number of aliphatic hydroxyl groups is 1. The standard InChI is InChI=1S/C13H13Cl2NO4S/c1-16(7-11-3-2-4-20-11)21(18,19)12-6-10(14)5-9(8-17)13(12)15/h2-6,17H,7-8H2,1H3. The van der Waals surface area contributed by atoms with E-state index in [-0.39, 0.29) is 27.0 Å². The summed E-state index contributed by atoms with van der Waals surface area (Å²) in [4.78, 5) is -0.144. The van der Waals surface area contributed by atoms with E-state index in [2.05, 4.69) is 0 Å². The Balaban J connectivity index is 2.41. The van der Waals surface area contributed by atoms with Gasteiger partial charge in [-0.15, -0.1) is 0 Å². The Kier molecular flexibility index (Phi) is 4.95. The highest BCUT2D eigenvalue weighted by Crippen LogP contribution is 2.31. The van der Waals surface area contributed by atoms with Crippen molar-refractivity contribution in [2.75, 3.05) is 7.05 Å². The second-order valence-electron chi connectivity index (χ2n) is 4.38. The van der Waals surface area contributed by atoms with E-state index in [0.29, 0.717) is 5.76 Å². The van der Waals surface area contributed by atoms with Gasteiger partial charge in [-0.25, -0.2) is 8.42 Å². The smallest absolute Gasteiger partial charge is 0.244 e. The van der Waals surface area contributed by atoms with Crippen LogP contribution in [0.3, 0.4) is 0 Å². The van der Waals surface area contributed by atoms with Crippen molar-refractivity contribution in [2.24, 2.45) is 0 Å². The molecule has 0 atom stereocenters. The lowest BCUT2D eigenvalue weighted by molar-refractivity contribution is 0.281. The average Bonchev–Trinajstić information content (AvgIpc) is 2.93. The van der Waals surface area contributed by atoms with Crippen LogP contribution in [0.5, 0.6) is 0 Å². The Morgan fingerprint density at radius 1 is 1.33 bits per heavy atom. The molecule has 2 rings (SSSR count). The molecular weight excluding hydrogens is 337 g/mol. The number of rotatable bonds is 5. The molecule has 0 fully saturated rings. The van der Waals surface area contributed by atoms with Gasteiger partial charge in [-0.05, 0) is 29.8 Å². The molecule has 0 spiro atoms. The second-order valence-corrected chi connectivity index (χ2v) is 7.20. The predicted octanol–water partition coefficient (Wildman–Crippen LogP) is 2.90. The molecule has 114 valence electrons. The van der Waals surface area contributed by atoms with Crippen LogP contribution < -0.4 is 0 Å². The largest absolute Gasteiger partial charge is 0.468 e. The Labute approximate surface area is 132 Å². The Bertz CT molecular complexity index is 729. The van der Waals surface area contributed by atoms with Crippen LogP contribution >= 0.6 is 23.2 Å². The van der Waals surface area contributed by atoms with Crippen LogP contribution in [0.1, 0.15) is 11.3 Å². The lowest BCUT2D eigenvalue weighted by Gasteiger charge is -2.18. The minimum atomic E-state index is -3.85. The third kappa shape index (κ3) is 3.41. The normalized spacial score (nSPS) is 12.0. The molecule has 0 amide bonds. The predicted molar refractivity (Wildman–Crippen MR) is 79.7 cm³/mol. The fourth-order valence-electron chi connectivity index (χ4n) is 1.80. The highest BCUT2D eigenvalue weighted by atomic mass is 35.5. The third-order valence-corrected chi connectivity index (χ3v) is 5.50. The van der Waals surface area contributed by atoms with E-state index in [9.17, 15) is 13.5 Å². The number of benzene rings is 1. The zero-order chi connectivity index (χ0) is 15.6. The van der Waals surface area contributed by atoms with Gasteiger partial charge >= 0.3 is 0 Å². The van der Waals surface area contributed by atoms with Crippen LogP contribution in [0.15, 0.2) is 39.8 Å². The van der Waals surface area contributed by atoms with E-state index in [1.807, 2.05) is 0 Å². The second kappa shape index (κ2) is 6.37. The van der Waals surface area contributed by atoms with Crippen LogP contribution in [0.2, 0.25) is 10.0 Å². The van der Waals surface area contributed by atoms with Gasteiger partial charge in [0.15, 0.2) is 0 Å². The lowest BCUT2D eigenvalue weighted by atomic mass is 10.2. The maximum Gasteiger partial charge on any atom is 0.244 e. The molecule has 1 aromatic heterocycles. The average molecular weight is 350 g/mol. The molecule has 1 heterocycles. The molecule has 0 radical (unpaired) electrons. The van der Waals surface area contributed by atoms with Crippen molar-refractivity contribution < 1.29 is 17.9 Å². The van der Waals surface area contributed by atoms with Crippen LogP contribution in [0, 0.1) is 0 Å². The molecule has 0 aliphatic heterocycles. The van der Waals surface area contributed by atoms with Crippen molar-refractivity contribution in [3.63, 3.8) is 0 Å². The zero-order valence-electron chi connectivity index (χ0n) is 11.1. The van der Waals surface area contributed by atoms with E-state index < -0.39 is 16.6 Å². The first-order valence-corrected chi connectivity index (χ1v) is 8.13. The summed E-state index contributed by atoms with van der Waals surface area (Å²) >= 11 is 11.9. The number of hydrogen-bond acceptors (Lipinski definition) is 4. The molecule has 21 heavy (non-hydrogen) atoms. The topological polar surface area (TPSA) is 70.8 Å². The van der Waals surface area contributed by atoms with Gasteiger partial charge < -0.3 is 9.52 Å². The third-order valence-electron chi connectivity index (χ3n) is 2.90. The number of aliphatic hydroxyl groups excluding tert-OH is 1. The van der Waals surface area contributed by atoms with Crippen molar-refractivity contribution >= 4 is 33.2 Å². The SMILES string of the molecule is CN(Cc1ccco1)S(=O)(=O)c1cc(Cl)cc(CO)c1Cl. The Hall–Kier alpha value is -1.05. The van der Waals surface area contributed by atoms with Crippen molar-refractivity contribution in [2.45, 2.75) is 18.0 Å². The summed E-state index contributed by atoms with van der Waals surface area (Å²) in [6.07, 6.45) is 1.46. The fourth-order valence-corrected chi connectivity index (χ4v) is 3.83. The van der Waals surface area contributed by atoms with Gasteiger partial charge in [-0.1, -0.05) is 23.2 Å². The Morgan fingerprint density at radius 3 is 2.62 bits per heavy atom. The minimum Gasteiger partial charge on any atom is -0.468 e. The summed E-state index contributed by atoms with van der Waals surface area (Å²) in [5.74, 6) is 0.501. The molecule has 1 N–H and O–H groups in total. The maximum atomic E-state index is 12.6. The molecular formula is C13H13Cl2NO4S. The molecule has 0 bridgehead atoms. The van der Waals surface area contributed by atoms with Crippen LogP contribution in [-0.2, 0) is 23.2 Å². The van der Waals surface area contributed by atoms with E-state index in [1.165, 1.54) is 25.4 Å². The molecule has 0 aliphatic rings. The summed E-state index contributed by atoms with van der Waals surface area (Å²) in [6, 6.07) is 6.03. The maximum absolute atomic E-state index is 12.6. The molecule has 0 saturated carbocycles. The van der Waals surface area contributed by atoms with Gasteiger partial charge in [0, 0.05) is 12.1 Å². The number of halogens is 2. The number of hydrogen-bond donors (Lipinski definition) is 1. The summed E-state index contributed by atoms with van der Waals surface area (Å²) in [6.45, 7) is -0.337. The monoisotopic (exact) mass is 349 g/mol. The van der Waals surface area contributed by atoms with E-state index in [1.54, 1.807) is 12.1 Å². The van der Waals surface area contributed by atoms with Gasteiger partial charge in [0.25, 0.3) is 0 Å². The molecule has 1 aromatic carbocycles.